The summed E-state index contributed by atoms with van der Waals surface area (Å²) in [5.74, 6) is 0.949. The molecule has 2 amide bonds. The van der Waals surface area contributed by atoms with Crippen molar-refractivity contribution < 1.29 is 14.7 Å². The number of guanidine groups is 1. The second-order valence-electron chi connectivity index (χ2n) is 12.2. The summed E-state index contributed by atoms with van der Waals surface area (Å²) >= 11 is 0. The zero-order valence-corrected chi connectivity index (χ0v) is 21.8. The Kier molecular flexibility index (Phi) is 5.50. The van der Waals surface area contributed by atoms with Crippen molar-refractivity contribution >= 4 is 17.8 Å². The van der Waals surface area contributed by atoms with Gasteiger partial charge >= 0.3 is 0 Å². The Labute approximate surface area is 218 Å². The first-order valence-electron chi connectivity index (χ1n) is 13.4. The molecule has 0 unspecified atom stereocenters. The van der Waals surface area contributed by atoms with Gasteiger partial charge in [0.1, 0.15) is 0 Å². The van der Waals surface area contributed by atoms with Crippen LogP contribution in [0.5, 0.6) is 0 Å². The summed E-state index contributed by atoms with van der Waals surface area (Å²) in [7, 11) is 0. The highest BCUT2D eigenvalue weighted by Crippen LogP contribution is 2.71. The fourth-order valence-electron chi connectivity index (χ4n) is 6.96. The maximum absolute atomic E-state index is 13.6. The fraction of sp³-hybridized carbons (Fsp3) is 0.500. The number of hydrogen-bond donors (Lipinski definition) is 3. The molecule has 4 aliphatic carbocycles. The molecule has 3 fully saturated rings. The smallest absolute Gasteiger partial charge is 0.251 e. The van der Waals surface area contributed by atoms with E-state index in [2.05, 4.69) is 19.2 Å². The number of aliphatic imine (C=N–C) groups is 1. The average molecular weight is 501 g/mol. The Balaban J connectivity index is 1.31. The average Bonchev–Trinajstić information content (AvgIpc) is 3.10. The standard InChI is InChI=1S/C30H36N4O3/c1-17(2)29(3)16-24(36)34(28(31)33-29)26(30-13-18(14-30)15-30)20-8-6-9-21(11-20)27(37)32-25-22-10-5-4-7-19(22)12-23(25)35/h4-11,17-18,23,25-26,35H,12-16H2,1-3H3,(H2,31,33)(H,32,37)/t18?,23-,25-,26+,29+,30?/m1/s1. The SMILES string of the molecule is CC(C)[C@]1(C)CC(=O)N([C@@H](c2cccc(C(=O)N[C@@H]3c4ccccc4C[C@H]3O)c2)C23CC(C2)C3)C(N)=N1. The summed E-state index contributed by atoms with van der Waals surface area (Å²) in [6, 6.07) is 14.7. The molecule has 0 radical (unpaired) electrons. The van der Waals surface area contributed by atoms with Crippen LogP contribution in [-0.4, -0.2) is 39.4 Å². The molecule has 3 saturated carbocycles. The highest BCUT2D eigenvalue weighted by molar-refractivity contribution is 6.00. The number of aliphatic hydroxyl groups is 1. The number of rotatable bonds is 6. The van der Waals surface area contributed by atoms with E-state index in [1.54, 1.807) is 11.0 Å². The van der Waals surface area contributed by atoms with E-state index >= 15 is 0 Å². The van der Waals surface area contributed by atoms with Gasteiger partial charge in [-0.25, -0.2) is 4.99 Å². The second kappa shape index (κ2) is 8.42. The molecular formula is C30H36N4O3. The molecule has 194 valence electrons. The maximum atomic E-state index is 13.6. The molecule has 7 heteroatoms. The molecule has 4 atom stereocenters. The summed E-state index contributed by atoms with van der Waals surface area (Å²) in [6.07, 6.45) is 3.39. The highest BCUT2D eigenvalue weighted by Gasteiger charge is 2.63. The molecule has 0 spiro atoms. The van der Waals surface area contributed by atoms with Crippen LogP contribution in [0.1, 0.15) is 85.6 Å². The minimum Gasteiger partial charge on any atom is -0.390 e. The molecule has 2 aromatic rings. The Bertz CT molecular complexity index is 1290. The molecule has 1 aliphatic heterocycles. The topological polar surface area (TPSA) is 108 Å². The molecule has 5 aliphatic rings. The van der Waals surface area contributed by atoms with Crippen LogP contribution in [0.15, 0.2) is 53.5 Å². The molecule has 2 bridgehead atoms. The number of carbonyl (C=O) groups excluding carboxylic acids is 2. The summed E-state index contributed by atoms with van der Waals surface area (Å²) < 4.78 is 0. The van der Waals surface area contributed by atoms with Crippen molar-refractivity contribution in [3.05, 3.63) is 70.8 Å². The minimum atomic E-state index is -0.657. The van der Waals surface area contributed by atoms with Gasteiger partial charge in [-0.3, -0.25) is 14.5 Å². The van der Waals surface area contributed by atoms with Crippen LogP contribution in [0.25, 0.3) is 0 Å². The van der Waals surface area contributed by atoms with Gasteiger partial charge in [0, 0.05) is 12.0 Å². The Morgan fingerprint density at radius 1 is 1.16 bits per heavy atom. The lowest BCUT2D eigenvalue weighted by atomic mass is 9.41. The lowest BCUT2D eigenvalue weighted by molar-refractivity contribution is -0.167. The molecule has 7 rings (SSSR count). The first kappa shape index (κ1) is 24.2. The molecule has 0 saturated heterocycles. The lowest BCUT2D eigenvalue weighted by Gasteiger charge is -2.67. The van der Waals surface area contributed by atoms with Gasteiger partial charge in [0.25, 0.3) is 5.91 Å². The number of hydrogen-bond acceptors (Lipinski definition) is 5. The third kappa shape index (κ3) is 3.78. The largest absolute Gasteiger partial charge is 0.390 e. The maximum Gasteiger partial charge on any atom is 0.251 e. The van der Waals surface area contributed by atoms with Crippen molar-refractivity contribution in [2.75, 3.05) is 0 Å². The van der Waals surface area contributed by atoms with E-state index in [1.165, 1.54) is 0 Å². The third-order valence-electron chi connectivity index (χ3n) is 9.52. The van der Waals surface area contributed by atoms with E-state index in [0.29, 0.717) is 18.4 Å². The van der Waals surface area contributed by atoms with E-state index in [0.717, 1.165) is 41.9 Å². The van der Waals surface area contributed by atoms with Gasteiger partial charge in [-0.2, -0.15) is 0 Å². The van der Waals surface area contributed by atoms with E-state index in [-0.39, 0.29) is 35.1 Å². The number of nitrogens with one attached hydrogen (secondary N) is 1. The zero-order valence-electron chi connectivity index (χ0n) is 21.8. The van der Waals surface area contributed by atoms with E-state index in [1.807, 2.05) is 49.4 Å². The van der Waals surface area contributed by atoms with Crippen LogP contribution in [0.3, 0.4) is 0 Å². The highest BCUT2D eigenvalue weighted by atomic mass is 16.3. The van der Waals surface area contributed by atoms with Gasteiger partial charge in [0.05, 0.1) is 30.1 Å². The number of benzene rings is 2. The molecule has 1 heterocycles. The van der Waals surface area contributed by atoms with E-state index in [9.17, 15) is 14.7 Å². The summed E-state index contributed by atoms with van der Waals surface area (Å²) in [5, 5.41) is 13.7. The number of carbonyl (C=O) groups is 2. The molecule has 4 N–H and O–H groups in total. The normalized spacial score (nSPS) is 32.8. The van der Waals surface area contributed by atoms with Crippen LogP contribution in [0.2, 0.25) is 0 Å². The number of nitrogens with two attached hydrogens (primary N) is 1. The molecule has 0 aromatic heterocycles. The van der Waals surface area contributed by atoms with Gasteiger partial charge in [-0.05, 0) is 72.3 Å². The summed E-state index contributed by atoms with van der Waals surface area (Å²) in [6.45, 7) is 6.14. The van der Waals surface area contributed by atoms with Crippen LogP contribution in [0.4, 0.5) is 0 Å². The van der Waals surface area contributed by atoms with E-state index in [4.69, 9.17) is 10.7 Å². The van der Waals surface area contributed by atoms with Crippen LogP contribution < -0.4 is 11.1 Å². The molecule has 2 aromatic carbocycles. The number of fused-ring (bicyclic) bond motifs is 1. The molecular weight excluding hydrogens is 464 g/mol. The zero-order chi connectivity index (χ0) is 26.1. The second-order valence-corrected chi connectivity index (χ2v) is 12.2. The van der Waals surface area contributed by atoms with Gasteiger partial charge in [-0.15, -0.1) is 0 Å². The fourth-order valence-corrected chi connectivity index (χ4v) is 6.96. The molecule has 37 heavy (non-hydrogen) atoms. The van der Waals surface area contributed by atoms with Gasteiger partial charge < -0.3 is 16.2 Å². The first-order chi connectivity index (χ1) is 17.6. The summed E-state index contributed by atoms with van der Waals surface area (Å²) in [5.41, 5.74) is 9.45. The predicted molar refractivity (Wildman–Crippen MR) is 142 cm³/mol. The van der Waals surface area contributed by atoms with Crippen LogP contribution in [-0.2, 0) is 11.2 Å². The van der Waals surface area contributed by atoms with Gasteiger partial charge in [-0.1, -0.05) is 50.2 Å². The van der Waals surface area contributed by atoms with Crippen molar-refractivity contribution in [1.29, 1.82) is 0 Å². The van der Waals surface area contributed by atoms with E-state index < -0.39 is 17.7 Å². The number of aliphatic hydroxyl groups excluding tert-OH is 1. The number of nitrogens with zero attached hydrogens (tertiary/aromatic N) is 2. The monoisotopic (exact) mass is 500 g/mol. The van der Waals surface area contributed by atoms with Crippen molar-refractivity contribution in [1.82, 2.24) is 10.2 Å². The predicted octanol–water partition coefficient (Wildman–Crippen LogP) is 3.88. The van der Waals surface area contributed by atoms with Gasteiger partial charge in [0.2, 0.25) is 5.91 Å². The first-order valence-corrected chi connectivity index (χ1v) is 13.4. The number of amides is 2. The van der Waals surface area contributed by atoms with Crippen molar-refractivity contribution in [3.8, 4) is 0 Å². The van der Waals surface area contributed by atoms with Crippen molar-refractivity contribution in [3.63, 3.8) is 0 Å². The van der Waals surface area contributed by atoms with Crippen LogP contribution in [0, 0.1) is 17.3 Å². The quantitative estimate of drug-likeness (QED) is 0.559. The minimum absolute atomic E-state index is 0.000959. The Hall–Kier alpha value is -3.19. The summed E-state index contributed by atoms with van der Waals surface area (Å²) in [4.78, 5) is 33.5. The van der Waals surface area contributed by atoms with Crippen molar-refractivity contribution in [2.45, 2.75) is 76.6 Å². The van der Waals surface area contributed by atoms with Gasteiger partial charge in [0.15, 0.2) is 5.96 Å². The van der Waals surface area contributed by atoms with Crippen molar-refractivity contribution in [2.24, 2.45) is 28.0 Å². The Morgan fingerprint density at radius 2 is 1.89 bits per heavy atom. The Morgan fingerprint density at radius 3 is 2.54 bits per heavy atom. The van der Waals surface area contributed by atoms with Crippen LogP contribution >= 0.6 is 0 Å². The third-order valence-corrected chi connectivity index (χ3v) is 9.52. The molecule has 7 nitrogen and oxygen atoms in total. The lowest BCUT2D eigenvalue weighted by Crippen LogP contribution is -2.63.